The van der Waals surface area contributed by atoms with Crippen LogP contribution in [0.3, 0.4) is 0 Å². The van der Waals surface area contributed by atoms with E-state index in [2.05, 4.69) is 5.09 Å². The molecule has 0 amide bonds. The molecule has 0 radical (unpaired) electrons. The molecule has 1 unspecified atom stereocenters. The molecule has 0 spiro atoms. The number of allylic oxidation sites excluding steroid dienone is 3. The standard InChI is InChI=1S/C22H25N2O5P/c1-17(22(25)27-16-18-8-4-2-5-9-18)24-30(26,28-20-10-6-3-7-11-20)29-21-14-12-19(23)13-15-21/h2,4-6,8-15,17H,3,7,16,23H2,1H3,(H,24,26)/t17-,30?/m0/s1. The van der Waals surface area contributed by atoms with Crippen molar-refractivity contribution >= 4 is 19.4 Å². The summed E-state index contributed by atoms with van der Waals surface area (Å²) in [5, 5.41) is 2.67. The van der Waals surface area contributed by atoms with Gasteiger partial charge >= 0.3 is 13.7 Å². The summed E-state index contributed by atoms with van der Waals surface area (Å²) in [4.78, 5) is 12.4. The minimum absolute atomic E-state index is 0.115. The highest BCUT2D eigenvalue weighted by atomic mass is 31.2. The van der Waals surface area contributed by atoms with Gasteiger partial charge in [0.1, 0.15) is 24.2 Å². The lowest BCUT2D eigenvalue weighted by Gasteiger charge is -2.24. The Morgan fingerprint density at radius 3 is 2.50 bits per heavy atom. The average Bonchev–Trinajstić information content (AvgIpc) is 2.75. The predicted octanol–water partition coefficient (Wildman–Crippen LogP) is 4.73. The first-order chi connectivity index (χ1) is 14.4. The maximum absolute atomic E-state index is 13.5. The van der Waals surface area contributed by atoms with Gasteiger partial charge in [0.15, 0.2) is 0 Å². The smallest absolute Gasteiger partial charge is 0.460 e. The van der Waals surface area contributed by atoms with E-state index in [1.807, 2.05) is 42.5 Å². The molecule has 0 aliphatic heterocycles. The topological polar surface area (TPSA) is 99.9 Å². The van der Waals surface area contributed by atoms with Gasteiger partial charge in [0.2, 0.25) is 0 Å². The summed E-state index contributed by atoms with van der Waals surface area (Å²) >= 11 is 0. The quantitative estimate of drug-likeness (QED) is 0.338. The molecule has 3 rings (SSSR count). The molecule has 0 saturated carbocycles. The monoisotopic (exact) mass is 428 g/mol. The molecular formula is C22H25N2O5P. The Labute approximate surface area is 176 Å². The third kappa shape index (κ3) is 6.51. The summed E-state index contributed by atoms with van der Waals surface area (Å²) in [6, 6.07) is 14.8. The van der Waals surface area contributed by atoms with Crippen molar-refractivity contribution in [2.75, 3.05) is 5.73 Å². The van der Waals surface area contributed by atoms with Crippen LogP contribution in [0.15, 0.2) is 78.6 Å². The first-order valence-electron chi connectivity index (χ1n) is 9.63. The summed E-state index contributed by atoms with van der Waals surface area (Å²) in [7, 11) is -3.94. The molecule has 8 heteroatoms. The summed E-state index contributed by atoms with van der Waals surface area (Å²) in [6.07, 6.45) is 7.11. The second kappa shape index (κ2) is 10.1. The fourth-order valence-electron chi connectivity index (χ4n) is 2.68. The summed E-state index contributed by atoms with van der Waals surface area (Å²) in [5.74, 6) is 0.138. The third-order valence-electron chi connectivity index (χ3n) is 4.22. The number of hydrogen-bond acceptors (Lipinski definition) is 6. The van der Waals surface area contributed by atoms with Crippen LogP contribution >= 0.6 is 7.75 Å². The van der Waals surface area contributed by atoms with Crippen molar-refractivity contribution in [1.82, 2.24) is 5.09 Å². The highest BCUT2D eigenvalue weighted by Gasteiger charge is 2.34. The molecular weight excluding hydrogens is 403 g/mol. The highest BCUT2D eigenvalue weighted by Crippen LogP contribution is 2.47. The van der Waals surface area contributed by atoms with Crippen LogP contribution in [-0.2, 0) is 25.2 Å². The predicted molar refractivity (Wildman–Crippen MR) is 115 cm³/mol. The van der Waals surface area contributed by atoms with E-state index in [4.69, 9.17) is 19.5 Å². The third-order valence-corrected chi connectivity index (χ3v) is 5.83. The minimum atomic E-state index is -3.94. The molecule has 1 aliphatic carbocycles. The van der Waals surface area contributed by atoms with Gasteiger partial charge in [0, 0.05) is 5.69 Å². The second-order valence-corrected chi connectivity index (χ2v) is 8.40. The van der Waals surface area contributed by atoms with Gasteiger partial charge in [-0.2, -0.15) is 5.09 Å². The molecule has 1 aliphatic rings. The zero-order chi connectivity index (χ0) is 21.4. The van der Waals surface area contributed by atoms with Crippen LogP contribution < -0.4 is 15.3 Å². The van der Waals surface area contributed by atoms with Crippen molar-refractivity contribution in [1.29, 1.82) is 0 Å². The molecule has 2 atom stereocenters. The van der Waals surface area contributed by atoms with Gasteiger partial charge in [-0.05, 0) is 61.7 Å². The van der Waals surface area contributed by atoms with E-state index in [0.29, 0.717) is 17.2 Å². The lowest BCUT2D eigenvalue weighted by Crippen LogP contribution is -2.35. The number of anilines is 1. The van der Waals surface area contributed by atoms with Gasteiger partial charge in [-0.1, -0.05) is 36.4 Å². The zero-order valence-electron chi connectivity index (χ0n) is 16.7. The van der Waals surface area contributed by atoms with Crippen molar-refractivity contribution in [3.05, 3.63) is 84.1 Å². The largest absolute Gasteiger partial charge is 0.513 e. The maximum atomic E-state index is 13.5. The molecule has 0 saturated heterocycles. The van der Waals surface area contributed by atoms with Crippen molar-refractivity contribution in [3.63, 3.8) is 0 Å². The number of nitrogens with two attached hydrogens (primary N) is 1. The zero-order valence-corrected chi connectivity index (χ0v) is 17.6. The number of ether oxygens (including phenoxy) is 1. The molecule has 2 aromatic carbocycles. The number of benzene rings is 2. The Kier molecular flexibility index (Phi) is 7.33. The second-order valence-electron chi connectivity index (χ2n) is 6.78. The molecule has 0 fully saturated rings. The summed E-state index contributed by atoms with van der Waals surface area (Å²) < 4.78 is 30.1. The Morgan fingerprint density at radius 1 is 1.10 bits per heavy atom. The number of nitrogens with one attached hydrogen (secondary N) is 1. The van der Waals surface area contributed by atoms with Gasteiger partial charge in [0.25, 0.3) is 0 Å². The van der Waals surface area contributed by atoms with Crippen LogP contribution in [0.4, 0.5) is 5.69 Å². The molecule has 7 nitrogen and oxygen atoms in total. The van der Waals surface area contributed by atoms with E-state index >= 15 is 0 Å². The first kappa shape index (κ1) is 21.7. The summed E-state index contributed by atoms with van der Waals surface area (Å²) in [5.41, 5.74) is 7.09. The highest BCUT2D eigenvalue weighted by molar-refractivity contribution is 7.52. The minimum Gasteiger partial charge on any atom is -0.460 e. The van der Waals surface area contributed by atoms with Gasteiger partial charge < -0.3 is 19.5 Å². The van der Waals surface area contributed by atoms with Gasteiger partial charge in [0.05, 0.1) is 0 Å². The lowest BCUT2D eigenvalue weighted by molar-refractivity contribution is -0.146. The first-order valence-corrected chi connectivity index (χ1v) is 11.2. The molecule has 0 heterocycles. The number of nitrogen functional groups attached to an aromatic ring is 1. The molecule has 3 N–H and O–H groups in total. The Balaban J connectivity index is 1.69. The van der Waals surface area contributed by atoms with E-state index in [1.54, 1.807) is 37.3 Å². The summed E-state index contributed by atoms with van der Waals surface area (Å²) in [6.45, 7) is 1.66. The van der Waals surface area contributed by atoms with E-state index < -0.39 is 19.8 Å². The van der Waals surface area contributed by atoms with E-state index in [1.165, 1.54) is 0 Å². The van der Waals surface area contributed by atoms with E-state index in [9.17, 15) is 9.36 Å². The fourth-order valence-corrected chi connectivity index (χ4v) is 4.21. The van der Waals surface area contributed by atoms with Crippen molar-refractivity contribution in [2.24, 2.45) is 0 Å². The average molecular weight is 428 g/mol. The molecule has 158 valence electrons. The van der Waals surface area contributed by atoms with Gasteiger partial charge in [-0.25, -0.2) is 4.57 Å². The Morgan fingerprint density at radius 2 is 1.83 bits per heavy atom. The van der Waals surface area contributed by atoms with Crippen LogP contribution in [0.25, 0.3) is 0 Å². The van der Waals surface area contributed by atoms with Crippen LogP contribution in [-0.4, -0.2) is 12.0 Å². The van der Waals surface area contributed by atoms with Gasteiger partial charge in [-0.3, -0.25) is 4.79 Å². The van der Waals surface area contributed by atoms with Crippen LogP contribution in [0.2, 0.25) is 0 Å². The molecule has 30 heavy (non-hydrogen) atoms. The van der Waals surface area contributed by atoms with E-state index in [0.717, 1.165) is 18.4 Å². The molecule has 0 aromatic heterocycles. The van der Waals surface area contributed by atoms with Crippen molar-refractivity contribution < 1.29 is 23.1 Å². The van der Waals surface area contributed by atoms with Crippen molar-refractivity contribution in [2.45, 2.75) is 32.4 Å². The maximum Gasteiger partial charge on any atom is 0.513 e. The van der Waals surface area contributed by atoms with Crippen LogP contribution in [0, 0.1) is 0 Å². The van der Waals surface area contributed by atoms with Gasteiger partial charge in [-0.15, -0.1) is 0 Å². The number of hydrogen-bond donors (Lipinski definition) is 2. The van der Waals surface area contributed by atoms with Crippen LogP contribution in [0.1, 0.15) is 25.3 Å². The molecule has 2 aromatic rings. The lowest BCUT2D eigenvalue weighted by atomic mass is 10.2. The van der Waals surface area contributed by atoms with E-state index in [-0.39, 0.29) is 6.61 Å². The Bertz CT molecular complexity index is 957. The molecule has 0 bridgehead atoms. The normalized spacial score (nSPS) is 16.1. The number of carbonyl (C=O) groups excluding carboxylic acids is 1. The van der Waals surface area contributed by atoms with Crippen molar-refractivity contribution in [3.8, 4) is 5.75 Å². The number of esters is 1. The SMILES string of the molecule is C[C@H](NP(=O)(OC1=CCCC=C1)Oc1ccc(N)cc1)C(=O)OCc1ccccc1. The number of rotatable bonds is 9. The fraction of sp³-hybridized carbons (Fsp3) is 0.227. The Hall–Kier alpha value is -3.02. The van der Waals surface area contributed by atoms with Crippen LogP contribution in [0.5, 0.6) is 5.75 Å². The number of carbonyl (C=O) groups is 1.